The molecule has 0 heterocycles. The predicted molar refractivity (Wildman–Crippen MR) is 29.1 cm³/mol. The van der Waals surface area contributed by atoms with Gasteiger partial charge in [-0.2, -0.15) is 0 Å². The van der Waals surface area contributed by atoms with Crippen LogP contribution in [0.15, 0.2) is 0 Å². The van der Waals surface area contributed by atoms with Gasteiger partial charge in [-0.3, -0.25) is 4.79 Å². The highest BCUT2D eigenvalue weighted by Gasteiger charge is 2.08. The van der Waals surface area contributed by atoms with Crippen LogP contribution in [-0.2, 0) is 4.79 Å². The molecule has 4 N–H and O–H groups in total. The van der Waals surface area contributed by atoms with Gasteiger partial charge in [0.2, 0.25) is 5.91 Å². The first kappa shape index (κ1) is 7.39. The highest BCUT2D eigenvalue weighted by atomic mass is 16.3. The van der Waals surface area contributed by atoms with Crippen LogP contribution in [0.3, 0.4) is 0 Å². The summed E-state index contributed by atoms with van der Waals surface area (Å²) in [5, 5.41) is 10.8. The van der Waals surface area contributed by atoms with Gasteiger partial charge in [-0.1, -0.05) is 0 Å². The van der Waals surface area contributed by atoms with Crippen molar-refractivity contribution in [2.24, 2.45) is 5.73 Å². The van der Waals surface area contributed by atoms with Gasteiger partial charge < -0.3 is 16.2 Å². The number of nitrogens with two attached hydrogens (primary N) is 1. The summed E-state index contributed by atoms with van der Waals surface area (Å²) in [4.78, 5) is 10.3. The summed E-state index contributed by atoms with van der Waals surface area (Å²) in [6.07, 6.45) is -1.06. The Labute approximate surface area is 47.7 Å². The van der Waals surface area contributed by atoms with Crippen LogP contribution in [-0.4, -0.2) is 30.7 Å². The summed E-state index contributed by atoms with van der Waals surface area (Å²) in [5.74, 6) is -0.437. The summed E-state index contributed by atoms with van der Waals surface area (Å²) >= 11 is 0. The second-order valence-corrected chi connectivity index (χ2v) is 1.37. The minimum Gasteiger partial charge on any atom is -0.382 e. The molecule has 0 saturated carbocycles. The third kappa shape index (κ3) is 1.90. The van der Waals surface area contributed by atoms with Gasteiger partial charge in [-0.15, -0.1) is 0 Å². The molecule has 8 heavy (non-hydrogen) atoms. The Morgan fingerprint density at radius 3 is 2.62 bits per heavy atom. The van der Waals surface area contributed by atoms with Crippen molar-refractivity contribution in [3.63, 3.8) is 0 Å². The van der Waals surface area contributed by atoms with E-state index in [9.17, 15) is 4.79 Å². The van der Waals surface area contributed by atoms with Crippen molar-refractivity contribution in [2.75, 3.05) is 13.6 Å². The summed E-state index contributed by atoms with van der Waals surface area (Å²) in [6, 6.07) is 0. The van der Waals surface area contributed by atoms with Gasteiger partial charge in [0.05, 0.1) is 0 Å². The van der Waals surface area contributed by atoms with Crippen LogP contribution < -0.4 is 11.1 Å². The molecule has 0 aliphatic heterocycles. The third-order valence-electron chi connectivity index (χ3n) is 0.772. The zero-order valence-corrected chi connectivity index (χ0v) is 4.72. The Morgan fingerprint density at radius 1 is 2.00 bits per heavy atom. The Kier molecular flexibility index (Phi) is 3.14. The Balaban J connectivity index is 3.46. The number of carbonyl (C=O) groups excluding carboxylic acids is 1. The van der Waals surface area contributed by atoms with Crippen molar-refractivity contribution < 1.29 is 9.90 Å². The smallest absolute Gasteiger partial charge is 0.249 e. The molecule has 0 radical (unpaired) electrons. The van der Waals surface area contributed by atoms with Gasteiger partial charge in [0.25, 0.3) is 0 Å². The van der Waals surface area contributed by atoms with Gasteiger partial charge in [0, 0.05) is 13.6 Å². The topological polar surface area (TPSA) is 75.3 Å². The lowest BCUT2D eigenvalue weighted by Gasteiger charge is -2.02. The lowest BCUT2D eigenvalue weighted by molar-refractivity contribution is -0.128. The highest BCUT2D eigenvalue weighted by molar-refractivity contribution is 5.80. The maximum absolute atomic E-state index is 10.3. The van der Waals surface area contributed by atoms with Crippen molar-refractivity contribution in [2.45, 2.75) is 6.10 Å². The second-order valence-electron chi connectivity index (χ2n) is 1.37. The van der Waals surface area contributed by atoms with E-state index >= 15 is 0 Å². The summed E-state index contributed by atoms with van der Waals surface area (Å²) in [5.41, 5.74) is 4.94. The van der Waals surface area contributed by atoms with Gasteiger partial charge in [-0.05, 0) is 0 Å². The van der Waals surface area contributed by atoms with Crippen molar-refractivity contribution in [3.8, 4) is 0 Å². The van der Waals surface area contributed by atoms with Crippen LogP contribution in [0.1, 0.15) is 0 Å². The number of hydrogen-bond donors (Lipinski definition) is 3. The maximum atomic E-state index is 10.3. The molecule has 4 heteroatoms. The molecule has 1 amide bonds. The summed E-state index contributed by atoms with van der Waals surface area (Å²) < 4.78 is 0. The first-order valence-corrected chi connectivity index (χ1v) is 2.32. The van der Waals surface area contributed by atoms with Crippen molar-refractivity contribution in [1.29, 1.82) is 0 Å². The van der Waals surface area contributed by atoms with Crippen molar-refractivity contribution in [1.82, 2.24) is 5.32 Å². The van der Waals surface area contributed by atoms with E-state index in [1.54, 1.807) is 0 Å². The molecule has 4 nitrogen and oxygen atoms in total. The number of carbonyl (C=O) groups is 1. The fourth-order valence-corrected chi connectivity index (χ4v) is 0.274. The standard InChI is InChI=1S/C4H10N2O2/c1-6-4(8)3(7)2-5/h3,7H,2,5H2,1H3,(H,6,8)/t3-/m1/s1. The van der Waals surface area contributed by atoms with Gasteiger partial charge in [-0.25, -0.2) is 0 Å². The molecule has 0 aliphatic rings. The molecule has 0 aromatic carbocycles. The first-order chi connectivity index (χ1) is 3.72. The molecule has 0 spiro atoms. The number of hydrogen-bond acceptors (Lipinski definition) is 3. The molecule has 0 unspecified atom stereocenters. The largest absolute Gasteiger partial charge is 0.382 e. The minimum atomic E-state index is -1.06. The van der Waals surface area contributed by atoms with E-state index in [2.05, 4.69) is 5.32 Å². The quantitative estimate of drug-likeness (QED) is 0.394. The Morgan fingerprint density at radius 2 is 2.50 bits per heavy atom. The average molecular weight is 118 g/mol. The number of amides is 1. The first-order valence-electron chi connectivity index (χ1n) is 2.32. The molecule has 0 aliphatic carbocycles. The van der Waals surface area contributed by atoms with E-state index in [-0.39, 0.29) is 6.54 Å². The van der Waals surface area contributed by atoms with E-state index in [4.69, 9.17) is 10.8 Å². The van der Waals surface area contributed by atoms with Crippen LogP contribution >= 0.6 is 0 Å². The number of rotatable bonds is 2. The highest BCUT2D eigenvalue weighted by Crippen LogP contribution is 1.74. The van der Waals surface area contributed by atoms with Crippen molar-refractivity contribution in [3.05, 3.63) is 0 Å². The Hall–Kier alpha value is -0.610. The lowest BCUT2D eigenvalue weighted by atomic mass is 10.3. The van der Waals surface area contributed by atoms with Crippen LogP contribution in [0.2, 0.25) is 0 Å². The van der Waals surface area contributed by atoms with Crippen molar-refractivity contribution >= 4 is 5.91 Å². The summed E-state index contributed by atoms with van der Waals surface area (Å²) in [6.45, 7) is -0.0281. The fourth-order valence-electron chi connectivity index (χ4n) is 0.274. The zero-order valence-electron chi connectivity index (χ0n) is 4.72. The average Bonchev–Trinajstić information content (AvgIpc) is 1.84. The molecule has 0 rings (SSSR count). The second kappa shape index (κ2) is 3.40. The van der Waals surface area contributed by atoms with Gasteiger partial charge >= 0.3 is 0 Å². The normalized spacial score (nSPS) is 12.9. The molecule has 48 valence electrons. The molecule has 0 bridgehead atoms. The van der Waals surface area contributed by atoms with Crippen LogP contribution in [0.25, 0.3) is 0 Å². The molecule has 0 fully saturated rings. The monoisotopic (exact) mass is 118 g/mol. The zero-order chi connectivity index (χ0) is 6.57. The minimum absolute atomic E-state index is 0.0281. The van der Waals surface area contributed by atoms with E-state index < -0.39 is 12.0 Å². The van der Waals surface area contributed by atoms with Crippen LogP contribution in [0.5, 0.6) is 0 Å². The third-order valence-corrected chi connectivity index (χ3v) is 0.772. The fraction of sp³-hybridized carbons (Fsp3) is 0.750. The Bertz CT molecular complexity index is 84.1. The maximum Gasteiger partial charge on any atom is 0.249 e. The number of aliphatic hydroxyl groups excluding tert-OH is 1. The van der Waals surface area contributed by atoms with Crippen LogP contribution in [0.4, 0.5) is 0 Å². The van der Waals surface area contributed by atoms with E-state index in [1.807, 2.05) is 0 Å². The van der Waals surface area contributed by atoms with E-state index in [0.717, 1.165) is 0 Å². The molecule has 0 aromatic heterocycles. The lowest BCUT2D eigenvalue weighted by Crippen LogP contribution is -2.37. The summed E-state index contributed by atoms with van der Waals surface area (Å²) in [7, 11) is 1.45. The van der Waals surface area contributed by atoms with E-state index in [1.165, 1.54) is 7.05 Å². The molecule has 1 atom stereocenters. The van der Waals surface area contributed by atoms with Gasteiger partial charge in [0.15, 0.2) is 0 Å². The SMILES string of the molecule is CNC(=O)[C@H](O)CN. The number of nitrogens with one attached hydrogen (secondary N) is 1. The number of likely N-dealkylation sites (N-methyl/N-ethyl adjacent to an activating group) is 1. The molecule has 0 saturated heterocycles. The van der Waals surface area contributed by atoms with Crippen LogP contribution in [0, 0.1) is 0 Å². The van der Waals surface area contributed by atoms with E-state index in [0.29, 0.717) is 0 Å². The molecular formula is C4H10N2O2. The molecule has 0 aromatic rings. The van der Waals surface area contributed by atoms with Gasteiger partial charge in [0.1, 0.15) is 6.10 Å². The predicted octanol–water partition coefficient (Wildman–Crippen LogP) is -1.95. The molecular weight excluding hydrogens is 108 g/mol. The number of aliphatic hydroxyl groups is 1.